The van der Waals surface area contributed by atoms with Crippen molar-refractivity contribution in [2.75, 3.05) is 39.6 Å². The zero-order valence-electron chi connectivity index (χ0n) is 32.7. The molecule has 1 aliphatic heterocycles. The van der Waals surface area contributed by atoms with Gasteiger partial charge in [0, 0.05) is 13.1 Å². The van der Waals surface area contributed by atoms with Crippen LogP contribution in [0.5, 0.6) is 5.75 Å². The molecule has 0 fully saturated rings. The average molecular weight is 776 g/mol. The van der Waals surface area contributed by atoms with Gasteiger partial charge in [-0.3, -0.25) is 19.7 Å². The molecule has 2 bridgehead atoms. The number of hydrogen-bond donors (Lipinski definition) is 6. The van der Waals surface area contributed by atoms with E-state index in [1.54, 1.807) is 13.8 Å². The van der Waals surface area contributed by atoms with E-state index in [2.05, 4.69) is 26.6 Å². The minimum absolute atomic E-state index is 0.0174. The van der Waals surface area contributed by atoms with Crippen molar-refractivity contribution in [1.29, 1.82) is 0 Å². The molecule has 0 radical (unpaired) electrons. The van der Waals surface area contributed by atoms with Gasteiger partial charge in [0.15, 0.2) is 0 Å². The lowest BCUT2D eigenvalue weighted by Gasteiger charge is -2.33. The smallest absolute Gasteiger partial charge is 0.408 e. The zero-order valence-corrected chi connectivity index (χ0v) is 32.7. The normalized spacial score (nSPS) is 19.3. The minimum atomic E-state index is -1.52. The van der Waals surface area contributed by atoms with Crippen LogP contribution in [0.2, 0.25) is 0 Å². The van der Waals surface area contributed by atoms with Gasteiger partial charge in [-0.15, -0.1) is 0 Å². The van der Waals surface area contributed by atoms with Crippen molar-refractivity contribution in [2.45, 2.75) is 77.5 Å². The summed E-state index contributed by atoms with van der Waals surface area (Å²) in [6.07, 6.45) is -2.15. The highest BCUT2D eigenvalue weighted by molar-refractivity contribution is 5.90. The van der Waals surface area contributed by atoms with Gasteiger partial charge in [0.2, 0.25) is 17.7 Å². The first-order chi connectivity index (χ1) is 27.0. The maximum atomic E-state index is 14.3. The first-order valence-corrected chi connectivity index (χ1v) is 19.2. The second-order valence-electron chi connectivity index (χ2n) is 14.3. The number of aliphatic hydroxyl groups is 1. The van der Waals surface area contributed by atoms with Gasteiger partial charge in [-0.25, -0.2) is 4.79 Å². The Bertz CT molecular complexity index is 1660. The van der Waals surface area contributed by atoms with Gasteiger partial charge in [0.1, 0.15) is 37.1 Å². The third-order valence-corrected chi connectivity index (χ3v) is 9.18. The molecule has 4 rings (SSSR count). The molecule has 14 heteroatoms. The van der Waals surface area contributed by atoms with Crippen LogP contribution in [0.4, 0.5) is 4.79 Å². The molecule has 4 amide bonds. The molecule has 3 aromatic carbocycles. The van der Waals surface area contributed by atoms with Crippen molar-refractivity contribution < 1.29 is 43.2 Å². The Labute approximate surface area is 329 Å². The van der Waals surface area contributed by atoms with Crippen LogP contribution < -0.4 is 31.3 Å². The Morgan fingerprint density at radius 2 is 1.46 bits per heavy atom. The van der Waals surface area contributed by atoms with E-state index in [0.29, 0.717) is 32.2 Å². The molecular weight excluding hydrogens is 718 g/mol. The van der Waals surface area contributed by atoms with Crippen LogP contribution in [0.1, 0.15) is 44.4 Å². The second kappa shape index (κ2) is 23.1. The number of nitrogens with one attached hydrogen (secondary N) is 5. The van der Waals surface area contributed by atoms with E-state index in [9.17, 15) is 24.3 Å². The number of rotatable bonds is 11. The average Bonchev–Trinajstić information content (AvgIpc) is 3.18. The van der Waals surface area contributed by atoms with Gasteiger partial charge in [-0.2, -0.15) is 0 Å². The largest absolute Gasteiger partial charge is 0.491 e. The van der Waals surface area contributed by atoms with Crippen molar-refractivity contribution >= 4 is 23.8 Å². The Hall–Kier alpha value is -5.02. The Balaban J connectivity index is 1.61. The van der Waals surface area contributed by atoms with Gasteiger partial charge in [0.05, 0.1) is 38.6 Å². The fourth-order valence-corrected chi connectivity index (χ4v) is 6.07. The molecule has 1 heterocycles. The van der Waals surface area contributed by atoms with Gasteiger partial charge < -0.3 is 45.3 Å². The van der Waals surface area contributed by atoms with Crippen molar-refractivity contribution in [3.05, 3.63) is 102 Å². The molecule has 0 spiro atoms. The van der Waals surface area contributed by atoms with Crippen molar-refractivity contribution in [2.24, 2.45) is 11.8 Å². The molecule has 0 aromatic heterocycles. The van der Waals surface area contributed by atoms with E-state index < -0.39 is 54.1 Å². The van der Waals surface area contributed by atoms with E-state index >= 15 is 0 Å². The summed E-state index contributed by atoms with van der Waals surface area (Å²) in [4.78, 5) is 54.5. The molecule has 304 valence electrons. The van der Waals surface area contributed by atoms with Crippen LogP contribution in [0, 0.1) is 11.8 Å². The third kappa shape index (κ3) is 14.6. The summed E-state index contributed by atoms with van der Waals surface area (Å²) in [6.45, 7) is 9.17. The predicted octanol–water partition coefficient (Wildman–Crippen LogP) is 2.87. The summed E-state index contributed by atoms with van der Waals surface area (Å²) in [6, 6.07) is 21.4. The number of fused-ring (bicyclic) bond motifs is 2. The third-order valence-electron chi connectivity index (χ3n) is 9.18. The Morgan fingerprint density at radius 3 is 2.14 bits per heavy atom. The monoisotopic (exact) mass is 775 g/mol. The fourth-order valence-electron chi connectivity index (χ4n) is 6.07. The summed E-state index contributed by atoms with van der Waals surface area (Å²) in [7, 11) is 0. The summed E-state index contributed by atoms with van der Waals surface area (Å²) >= 11 is 0. The van der Waals surface area contributed by atoms with Gasteiger partial charge in [-0.05, 0) is 47.1 Å². The van der Waals surface area contributed by atoms with Crippen LogP contribution >= 0.6 is 0 Å². The minimum Gasteiger partial charge on any atom is -0.491 e. The lowest BCUT2D eigenvalue weighted by atomic mass is 9.93. The van der Waals surface area contributed by atoms with E-state index in [1.807, 2.05) is 98.8 Å². The standard InChI is InChI=1S/C42H57N5O9/c1-28(2)35-39(49)43-18-19-53-20-21-54-22-23-55-33-17-11-16-32(24-33)26-44-37(41(51)46-35)38(48)34(25-30-12-7-5-8-13-30)45-40(50)36(29(3)4)47-42(52)56-27-31-14-9-6-10-15-31/h5-17,24,28-29,34-38,44,48H,18-23,25-27H2,1-4H3,(H,43,49)(H,45,50)(H,46,51)(H,47,52)/t34-,35-,36-,37+,38+/m0/s1. The lowest BCUT2D eigenvalue weighted by Crippen LogP contribution is -2.63. The number of carbonyl (C=O) groups is 4. The van der Waals surface area contributed by atoms with Crippen LogP contribution in [-0.4, -0.2) is 98.8 Å². The number of hydrogen-bond acceptors (Lipinski definition) is 10. The zero-order chi connectivity index (χ0) is 40.3. The topological polar surface area (TPSA) is 186 Å². The quantitative estimate of drug-likeness (QED) is 0.169. The highest BCUT2D eigenvalue weighted by atomic mass is 16.6. The number of aliphatic hydroxyl groups excluding tert-OH is 1. The van der Waals surface area contributed by atoms with Gasteiger partial charge >= 0.3 is 6.09 Å². The number of ether oxygens (including phenoxy) is 4. The molecule has 0 unspecified atom stereocenters. The fraction of sp³-hybridized carbons (Fsp3) is 0.476. The molecule has 0 saturated heterocycles. The summed E-state index contributed by atoms with van der Waals surface area (Å²) in [5.74, 6) is -1.69. The maximum Gasteiger partial charge on any atom is 0.408 e. The molecule has 1 aliphatic rings. The summed E-state index contributed by atoms with van der Waals surface area (Å²) < 4.78 is 22.4. The van der Waals surface area contributed by atoms with E-state index in [0.717, 1.165) is 16.7 Å². The molecule has 6 N–H and O–H groups in total. The van der Waals surface area contributed by atoms with Crippen LogP contribution in [0.3, 0.4) is 0 Å². The van der Waals surface area contributed by atoms with E-state index in [1.165, 1.54) is 0 Å². The first-order valence-electron chi connectivity index (χ1n) is 19.2. The molecule has 3 aromatic rings. The molecule has 5 atom stereocenters. The van der Waals surface area contributed by atoms with Crippen molar-refractivity contribution in [3.63, 3.8) is 0 Å². The molecule has 56 heavy (non-hydrogen) atoms. The number of amides is 4. The van der Waals surface area contributed by atoms with Crippen LogP contribution in [0.25, 0.3) is 0 Å². The first kappa shape index (κ1) is 43.7. The Kier molecular flexibility index (Phi) is 18.1. The summed E-state index contributed by atoms with van der Waals surface area (Å²) in [5, 5.41) is 26.7. The van der Waals surface area contributed by atoms with Gasteiger partial charge in [-0.1, -0.05) is 100 Å². The highest BCUT2D eigenvalue weighted by Crippen LogP contribution is 2.16. The predicted molar refractivity (Wildman–Crippen MR) is 210 cm³/mol. The Morgan fingerprint density at radius 1 is 0.804 bits per heavy atom. The molecular formula is C42H57N5O9. The SMILES string of the molecule is CC(C)[C@H](NC(=O)OCc1ccccc1)C(=O)N[C@@H](Cc1ccccc1)[C@@H](O)[C@H]1NCc2cccc(c2)OCCOCCOCCNC(=O)[C@H](C(C)C)NC1=O. The van der Waals surface area contributed by atoms with Gasteiger partial charge in [0.25, 0.3) is 0 Å². The molecule has 0 aliphatic carbocycles. The summed E-state index contributed by atoms with van der Waals surface area (Å²) in [5.41, 5.74) is 2.34. The maximum absolute atomic E-state index is 14.3. The van der Waals surface area contributed by atoms with E-state index in [4.69, 9.17) is 18.9 Å². The molecule has 14 nitrogen and oxygen atoms in total. The number of carbonyl (C=O) groups excluding carboxylic acids is 4. The van der Waals surface area contributed by atoms with Crippen molar-refractivity contribution in [1.82, 2.24) is 26.6 Å². The lowest BCUT2D eigenvalue weighted by molar-refractivity contribution is -0.134. The number of benzene rings is 3. The van der Waals surface area contributed by atoms with Crippen LogP contribution in [0.15, 0.2) is 84.9 Å². The molecule has 0 saturated carbocycles. The van der Waals surface area contributed by atoms with Crippen LogP contribution in [-0.2, 0) is 48.2 Å². The van der Waals surface area contributed by atoms with E-state index in [-0.39, 0.29) is 44.6 Å². The highest BCUT2D eigenvalue weighted by Gasteiger charge is 2.38. The number of alkyl carbamates (subject to hydrolysis) is 1. The van der Waals surface area contributed by atoms with Crippen molar-refractivity contribution in [3.8, 4) is 5.75 Å². The second-order valence-corrected chi connectivity index (χ2v) is 14.3.